The van der Waals surface area contributed by atoms with Crippen molar-refractivity contribution < 1.29 is 13.2 Å². The molecule has 1 N–H and O–H groups in total. The summed E-state index contributed by atoms with van der Waals surface area (Å²) in [6.07, 6.45) is 0.107. The molecule has 0 spiro atoms. The van der Waals surface area contributed by atoms with Gasteiger partial charge in [0.05, 0.1) is 11.8 Å². The molecule has 0 aliphatic carbocycles. The monoisotopic (exact) mass is 256 g/mol. The summed E-state index contributed by atoms with van der Waals surface area (Å²) in [7, 11) is -3.33. The summed E-state index contributed by atoms with van der Waals surface area (Å²) in [6.45, 7) is 5.09. The number of anilines is 1. The Morgan fingerprint density at radius 3 is 2.29 bits per heavy atom. The van der Waals surface area contributed by atoms with Crippen LogP contribution < -0.4 is 9.46 Å². The fraction of sp³-hybridized carbons (Fsp3) is 0.455. The molecule has 1 aromatic carbocycles. The molecule has 0 radical (unpaired) electrons. The van der Waals surface area contributed by atoms with Crippen molar-refractivity contribution in [3.05, 3.63) is 24.3 Å². The first-order chi connectivity index (χ1) is 7.97. The van der Waals surface area contributed by atoms with Crippen LogP contribution in [-0.4, -0.2) is 31.9 Å². The lowest BCUT2D eigenvalue weighted by Crippen LogP contribution is -2.20. The molecule has 1 saturated heterocycles. The number of nitrogens with zero attached hydrogens (tertiary/aromatic N) is 1. The maximum absolute atomic E-state index is 11.6. The molecule has 1 aromatic rings. The molecule has 0 aromatic heterocycles. The van der Waals surface area contributed by atoms with Crippen molar-refractivity contribution in [1.82, 2.24) is 4.31 Å². The molecular weight excluding hydrogens is 240 g/mol. The summed E-state index contributed by atoms with van der Waals surface area (Å²) in [6, 6.07) is 6.89. The Hall–Kier alpha value is -1.27. The molecule has 0 atom stereocenters. The molecular formula is C11H16N2O3S. The molecule has 94 valence electrons. The summed E-state index contributed by atoms with van der Waals surface area (Å²) in [4.78, 5) is 0. The van der Waals surface area contributed by atoms with Gasteiger partial charge in [0.1, 0.15) is 5.75 Å². The van der Waals surface area contributed by atoms with Crippen molar-refractivity contribution in [1.29, 1.82) is 0 Å². The van der Waals surface area contributed by atoms with E-state index in [0.29, 0.717) is 18.8 Å². The summed E-state index contributed by atoms with van der Waals surface area (Å²) < 4.78 is 32.6. The van der Waals surface area contributed by atoms with Gasteiger partial charge in [-0.2, -0.15) is 12.7 Å². The van der Waals surface area contributed by atoms with E-state index in [9.17, 15) is 8.42 Å². The second-order valence-electron chi connectivity index (χ2n) is 4.20. The predicted octanol–water partition coefficient (Wildman–Crippen LogP) is 1.45. The zero-order chi connectivity index (χ0) is 12.5. The molecule has 0 amide bonds. The van der Waals surface area contributed by atoms with E-state index in [0.717, 1.165) is 5.75 Å². The van der Waals surface area contributed by atoms with E-state index in [4.69, 9.17) is 4.74 Å². The molecule has 2 rings (SSSR count). The van der Waals surface area contributed by atoms with Crippen LogP contribution in [0.5, 0.6) is 5.75 Å². The summed E-state index contributed by atoms with van der Waals surface area (Å²) in [5.74, 6) is 0.731. The molecule has 1 aliphatic rings. The van der Waals surface area contributed by atoms with E-state index in [1.165, 1.54) is 4.31 Å². The summed E-state index contributed by atoms with van der Waals surface area (Å²) in [5, 5.41) is 0. The largest absolute Gasteiger partial charge is 0.491 e. The highest BCUT2D eigenvalue weighted by Gasteiger charge is 2.31. The zero-order valence-corrected chi connectivity index (χ0v) is 10.7. The van der Waals surface area contributed by atoms with Gasteiger partial charge in [-0.3, -0.25) is 4.72 Å². The standard InChI is InChI=1S/C11H16N2O3S/c1-9(2)16-11-5-3-10(4-6-11)12-17(14,15)13-7-8-13/h3-6,9,12H,7-8H2,1-2H3. The van der Waals surface area contributed by atoms with Crippen LogP contribution in [-0.2, 0) is 10.2 Å². The SMILES string of the molecule is CC(C)Oc1ccc(NS(=O)(=O)N2CC2)cc1. The Morgan fingerprint density at radius 1 is 1.24 bits per heavy atom. The minimum atomic E-state index is -3.33. The second kappa shape index (κ2) is 4.54. The topological polar surface area (TPSA) is 58.4 Å². The minimum absolute atomic E-state index is 0.107. The zero-order valence-electron chi connectivity index (χ0n) is 9.88. The molecule has 6 heteroatoms. The maximum atomic E-state index is 11.6. The van der Waals surface area contributed by atoms with Crippen LogP contribution >= 0.6 is 0 Å². The van der Waals surface area contributed by atoms with Crippen LogP contribution in [0.25, 0.3) is 0 Å². The van der Waals surface area contributed by atoms with Gasteiger partial charge in [0.25, 0.3) is 0 Å². The lowest BCUT2D eigenvalue weighted by atomic mass is 10.3. The lowest BCUT2D eigenvalue weighted by molar-refractivity contribution is 0.242. The van der Waals surface area contributed by atoms with Crippen LogP contribution in [0.15, 0.2) is 24.3 Å². The predicted molar refractivity (Wildman–Crippen MR) is 66.3 cm³/mol. The molecule has 0 unspecified atom stereocenters. The molecule has 1 heterocycles. The molecule has 5 nitrogen and oxygen atoms in total. The fourth-order valence-corrected chi connectivity index (χ4v) is 2.49. The highest BCUT2D eigenvalue weighted by molar-refractivity contribution is 7.90. The lowest BCUT2D eigenvalue weighted by Gasteiger charge is -2.11. The van der Waals surface area contributed by atoms with Crippen molar-refractivity contribution in [2.45, 2.75) is 20.0 Å². The van der Waals surface area contributed by atoms with Gasteiger partial charge in [0.2, 0.25) is 0 Å². The van der Waals surface area contributed by atoms with Crippen LogP contribution in [0, 0.1) is 0 Å². The van der Waals surface area contributed by atoms with E-state index in [2.05, 4.69) is 4.72 Å². The van der Waals surface area contributed by atoms with Crippen molar-refractivity contribution in [3.63, 3.8) is 0 Å². The van der Waals surface area contributed by atoms with E-state index in [-0.39, 0.29) is 6.10 Å². The van der Waals surface area contributed by atoms with E-state index < -0.39 is 10.2 Å². The van der Waals surface area contributed by atoms with E-state index in [1.54, 1.807) is 24.3 Å². The van der Waals surface area contributed by atoms with Gasteiger partial charge in [-0.15, -0.1) is 0 Å². The quantitative estimate of drug-likeness (QED) is 0.811. The van der Waals surface area contributed by atoms with Gasteiger partial charge in [-0.05, 0) is 38.1 Å². The number of nitrogens with one attached hydrogen (secondary N) is 1. The van der Waals surface area contributed by atoms with Crippen LogP contribution in [0.4, 0.5) is 5.69 Å². The first kappa shape index (κ1) is 12.2. The van der Waals surface area contributed by atoms with Gasteiger partial charge in [-0.1, -0.05) is 0 Å². The minimum Gasteiger partial charge on any atom is -0.491 e. The van der Waals surface area contributed by atoms with Crippen molar-refractivity contribution in [2.75, 3.05) is 17.8 Å². The highest BCUT2D eigenvalue weighted by atomic mass is 32.2. The number of hydrogen-bond donors (Lipinski definition) is 1. The third-order valence-electron chi connectivity index (χ3n) is 2.22. The number of hydrogen-bond acceptors (Lipinski definition) is 3. The third kappa shape index (κ3) is 3.34. The van der Waals surface area contributed by atoms with Crippen LogP contribution in [0.2, 0.25) is 0 Å². The van der Waals surface area contributed by atoms with E-state index in [1.807, 2.05) is 13.8 Å². The Bertz CT molecular complexity index is 478. The second-order valence-corrected chi connectivity index (χ2v) is 5.87. The Kier molecular flexibility index (Phi) is 3.26. The summed E-state index contributed by atoms with van der Waals surface area (Å²) in [5.41, 5.74) is 0.549. The average molecular weight is 256 g/mol. The van der Waals surface area contributed by atoms with Gasteiger partial charge < -0.3 is 4.74 Å². The normalized spacial score (nSPS) is 15.9. The van der Waals surface area contributed by atoms with Gasteiger partial charge >= 0.3 is 10.2 Å². The molecule has 0 bridgehead atoms. The van der Waals surface area contributed by atoms with Crippen molar-refractivity contribution in [3.8, 4) is 5.75 Å². The first-order valence-corrected chi connectivity index (χ1v) is 6.96. The number of benzene rings is 1. The molecule has 1 aliphatic heterocycles. The van der Waals surface area contributed by atoms with Gasteiger partial charge in [0, 0.05) is 13.1 Å². The Balaban J connectivity index is 2.03. The van der Waals surface area contributed by atoms with Crippen LogP contribution in [0.3, 0.4) is 0 Å². The molecule has 1 fully saturated rings. The number of ether oxygens (including phenoxy) is 1. The summed E-state index contributed by atoms with van der Waals surface area (Å²) >= 11 is 0. The Labute approximate surface area is 102 Å². The van der Waals surface area contributed by atoms with Gasteiger partial charge in [0.15, 0.2) is 0 Å². The van der Waals surface area contributed by atoms with Crippen LogP contribution in [0.1, 0.15) is 13.8 Å². The smallest absolute Gasteiger partial charge is 0.301 e. The number of rotatable bonds is 5. The molecule has 17 heavy (non-hydrogen) atoms. The Morgan fingerprint density at radius 2 is 1.82 bits per heavy atom. The van der Waals surface area contributed by atoms with Crippen molar-refractivity contribution in [2.24, 2.45) is 0 Å². The van der Waals surface area contributed by atoms with E-state index >= 15 is 0 Å². The van der Waals surface area contributed by atoms with Gasteiger partial charge in [-0.25, -0.2) is 0 Å². The molecule has 0 saturated carbocycles. The average Bonchev–Trinajstić information content (AvgIpc) is 3.03. The highest BCUT2D eigenvalue weighted by Crippen LogP contribution is 2.20. The third-order valence-corrected chi connectivity index (χ3v) is 3.76. The first-order valence-electron chi connectivity index (χ1n) is 5.52. The fourth-order valence-electron chi connectivity index (χ4n) is 1.37. The maximum Gasteiger partial charge on any atom is 0.301 e. The van der Waals surface area contributed by atoms with Crippen molar-refractivity contribution >= 4 is 15.9 Å².